The van der Waals surface area contributed by atoms with E-state index in [0.717, 1.165) is 18.4 Å². The van der Waals surface area contributed by atoms with E-state index in [1.165, 1.54) is 6.07 Å². The van der Waals surface area contributed by atoms with Gasteiger partial charge in [0.2, 0.25) is 0 Å². The van der Waals surface area contributed by atoms with Gasteiger partial charge >= 0.3 is 0 Å². The van der Waals surface area contributed by atoms with Crippen LogP contribution in [0.25, 0.3) is 0 Å². The standard InChI is InChI=1S/C10H14N2O2/c1-2-4-10(11)8-5-3-6-9(7-8)12(13)14/h3,5-7,10H,2,4,11H2,1H3. The zero-order valence-electron chi connectivity index (χ0n) is 8.14. The fourth-order valence-electron chi connectivity index (χ4n) is 1.35. The van der Waals surface area contributed by atoms with Crippen LogP contribution in [0.1, 0.15) is 31.4 Å². The van der Waals surface area contributed by atoms with E-state index in [1.54, 1.807) is 12.1 Å². The van der Waals surface area contributed by atoms with Crippen LogP contribution in [0, 0.1) is 10.1 Å². The average Bonchev–Trinajstić information content (AvgIpc) is 2.18. The van der Waals surface area contributed by atoms with Crippen molar-refractivity contribution in [3.8, 4) is 0 Å². The van der Waals surface area contributed by atoms with Gasteiger partial charge in [0.05, 0.1) is 4.92 Å². The molecule has 14 heavy (non-hydrogen) atoms. The first kappa shape index (κ1) is 10.7. The van der Waals surface area contributed by atoms with Crippen LogP contribution in [-0.4, -0.2) is 4.92 Å². The molecule has 0 spiro atoms. The molecule has 1 aromatic carbocycles. The highest BCUT2D eigenvalue weighted by atomic mass is 16.6. The smallest absolute Gasteiger partial charge is 0.269 e. The second-order valence-corrected chi connectivity index (χ2v) is 3.25. The summed E-state index contributed by atoms with van der Waals surface area (Å²) in [6, 6.07) is 6.42. The minimum absolute atomic E-state index is 0.0973. The first-order valence-electron chi connectivity index (χ1n) is 4.65. The number of nitro groups is 1. The number of hydrogen-bond donors (Lipinski definition) is 1. The van der Waals surface area contributed by atoms with Crippen molar-refractivity contribution in [1.82, 2.24) is 0 Å². The van der Waals surface area contributed by atoms with Crippen molar-refractivity contribution < 1.29 is 4.92 Å². The van der Waals surface area contributed by atoms with Crippen LogP contribution in [0.2, 0.25) is 0 Å². The largest absolute Gasteiger partial charge is 0.324 e. The minimum atomic E-state index is -0.401. The van der Waals surface area contributed by atoms with E-state index >= 15 is 0 Å². The Kier molecular flexibility index (Phi) is 3.59. The molecule has 0 saturated heterocycles. The molecule has 0 heterocycles. The molecule has 0 fully saturated rings. The summed E-state index contributed by atoms with van der Waals surface area (Å²) >= 11 is 0. The number of rotatable bonds is 4. The van der Waals surface area contributed by atoms with Crippen LogP contribution in [0.4, 0.5) is 5.69 Å². The van der Waals surface area contributed by atoms with Crippen LogP contribution in [0.3, 0.4) is 0 Å². The Morgan fingerprint density at radius 2 is 2.29 bits per heavy atom. The number of nitrogens with two attached hydrogens (primary N) is 1. The van der Waals surface area contributed by atoms with Gasteiger partial charge in [0, 0.05) is 18.2 Å². The molecular weight excluding hydrogens is 180 g/mol. The molecule has 0 saturated carbocycles. The molecule has 0 aromatic heterocycles. The molecule has 1 unspecified atom stereocenters. The highest BCUT2D eigenvalue weighted by molar-refractivity contribution is 5.35. The predicted molar refractivity (Wildman–Crippen MR) is 54.9 cm³/mol. The van der Waals surface area contributed by atoms with Gasteiger partial charge in [0.25, 0.3) is 5.69 Å². The summed E-state index contributed by atoms with van der Waals surface area (Å²) < 4.78 is 0. The molecule has 4 heteroatoms. The first-order valence-corrected chi connectivity index (χ1v) is 4.65. The van der Waals surface area contributed by atoms with Gasteiger partial charge in [-0.2, -0.15) is 0 Å². The topological polar surface area (TPSA) is 69.2 Å². The Balaban J connectivity index is 2.87. The highest BCUT2D eigenvalue weighted by Gasteiger charge is 2.09. The monoisotopic (exact) mass is 194 g/mol. The third-order valence-electron chi connectivity index (χ3n) is 2.11. The van der Waals surface area contributed by atoms with E-state index in [4.69, 9.17) is 5.73 Å². The molecule has 1 atom stereocenters. The summed E-state index contributed by atoms with van der Waals surface area (Å²) in [6.07, 6.45) is 1.82. The molecule has 0 aliphatic carbocycles. The van der Waals surface area contributed by atoms with E-state index in [2.05, 4.69) is 0 Å². The number of non-ortho nitro benzene ring substituents is 1. The molecule has 0 bridgehead atoms. The average molecular weight is 194 g/mol. The maximum absolute atomic E-state index is 10.5. The Morgan fingerprint density at radius 3 is 2.86 bits per heavy atom. The molecule has 0 radical (unpaired) electrons. The van der Waals surface area contributed by atoms with Crippen LogP contribution in [-0.2, 0) is 0 Å². The molecule has 1 aromatic rings. The van der Waals surface area contributed by atoms with Gasteiger partial charge in [-0.1, -0.05) is 25.5 Å². The maximum atomic E-state index is 10.5. The summed E-state index contributed by atoms with van der Waals surface area (Å²) in [5, 5.41) is 10.5. The fourth-order valence-corrected chi connectivity index (χ4v) is 1.35. The first-order chi connectivity index (χ1) is 6.65. The van der Waals surface area contributed by atoms with Gasteiger partial charge in [0.1, 0.15) is 0 Å². The quantitative estimate of drug-likeness (QED) is 0.591. The van der Waals surface area contributed by atoms with E-state index < -0.39 is 4.92 Å². The normalized spacial score (nSPS) is 12.4. The number of nitro benzene ring substituents is 1. The van der Waals surface area contributed by atoms with Gasteiger partial charge in [0.15, 0.2) is 0 Å². The summed E-state index contributed by atoms with van der Waals surface area (Å²) in [7, 11) is 0. The third kappa shape index (κ3) is 2.53. The summed E-state index contributed by atoms with van der Waals surface area (Å²) in [4.78, 5) is 10.1. The lowest BCUT2D eigenvalue weighted by Crippen LogP contribution is -2.09. The number of hydrogen-bond acceptors (Lipinski definition) is 3. The van der Waals surface area contributed by atoms with Crippen molar-refractivity contribution in [3.05, 3.63) is 39.9 Å². The Hall–Kier alpha value is -1.42. The molecule has 4 nitrogen and oxygen atoms in total. The summed E-state index contributed by atoms with van der Waals surface area (Å²) in [5.41, 5.74) is 6.79. The van der Waals surface area contributed by atoms with E-state index in [1.807, 2.05) is 13.0 Å². The second-order valence-electron chi connectivity index (χ2n) is 3.25. The lowest BCUT2D eigenvalue weighted by molar-refractivity contribution is -0.384. The second kappa shape index (κ2) is 4.72. The molecule has 2 N–H and O–H groups in total. The van der Waals surface area contributed by atoms with Crippen molar-refractivity contribution in [2.45, 2.75) is 25.8 Å². The third-order valence-corrected chi connectivity index (χ3v) is 2.11. The number of benzene rings is 1. The van der Waals surface area contributed by atoms with Crippen LogP contribution in [0.15, 0.2) is 24.3 Å². The molecule has 76 valence electrons. The number of nitrogens with zero attached hydrogens (tertiary/aromatic N) is 1. The molecule has 0 amide bonds. The van der Waals surface area contributed by atoms with Gasteiger partial charge in [-0.15, -0.1) is 0 Å². The Morgan fingerprint density at radius 1 is 1.57 bits per heavy atom. The maximum Gasteiger partial charge on any atom is 0.269 e. The minimum Gasteiger partial charge on any atom is -0.324 e. The zero-order chi connectivity index (χ0) is 10.6. The zero-order valence-corrected chi connectivity index (χ0v) is 8.14. The molecular formula is C10H14N2O2. The van der Waals surface area contributed by atoms with Crippen LogP contribution < -0.4 is 5.73 Å². The van der Waals surface area contributed by atoms with E-state index in [0.29, 0.717) is 0 Å². The van der Waals surface area contributed by atoms with E-state index in [-0.39, 0.29) is 11.7 Å². The van der Waals surface area contributed by atoms with Gasteiger partial charge < -0.3 is 5.73 Å². The van der Waals surface area contributed by atoms with Crippen molar-refractivity contribution in [2.75, 3.05) is 0 Å². The molecule has 0 aliphatic heterocycles. The fraction of sp³-hybridized carbons (Fsp3) is 0.400. The molecule has 1 rings (SSSR count). The summed E-state index contributed by atoms with van der Waals surface area (Å²) in [5.74, 6) is 0. The van der Waals surface area contributed by atoms with Crippen molar-refractivity contribution >= 4 is 5.69 Å². The van der Waals surface area contributed by atoms with Gasteiger partial charge in [-0.25, -0.2) is 0 Å². The Bertz CT molecular complexity index is 326. The SMILES string of the molecule is CCCC(N)c1cccc([N+](=O)[O-])c1. The Labute approximate surface area is 82.9 Å². The lowest BCUT2D eigenvalue weighted by Gasteiger charge is -2.09. The van der Waals surface area contributed by atoms with Crippen LogP contribution >= 0.6 is 0 Å². The summed E-state index contributed by atoms with van der Waals surface area (Å²) in [6.45, 7) is 2.04. The van der Waals surface area contributed by atoms with Crippen molar-refractivity contribution in [2.24, 2.45) is 5.73 Å². The molecule has 0 aliphatic rings. The highest BCUT2D eigenvalue weighted by Crippen LogP contribution is 2.20. The van der Waals surface area contributed by atoms with E-state index in [9.17, 15) is 10.1 Å². The predicted octanol–water partition coefficient (Wildman–Crippen LogP) is 2.39. The van der Waals surface area contributed by atoms with Gasteiger partial charge in [-0.3, -0.25) is 10.1 Å². The lowest BCUT2D eigenvalue weighted by atomic mass is 10.0. The van der Waals surface area contributed by atoms with Crippen LogP contribution in [0.5, 0.6) is 0 Å². The van der Waals surface area contributed by atoms with Crippen molar-refractivity contribution in [1.29, 1.82) is 0 Å². The van der Waals surface area contributed by atoms with Gasteiger partial charge in [-0.05, 0) is 12.0 Å². The van der Waals surface area contributed by atoms with Crippen molar-refractivity contribution in [3.63, 3.8) is 0 Å².